The van der Waals surface area contributed by atoms with Gasteiger partial charge >= 0.3 is 0 Å². The summed E-state index contributed by atoms with van der Waals surface area (Å²) in [7, 11) is 0. The van der Waals surface area contributed by atoms with Gasteiger partial charge in [0.25, 0.3) is 0 Å². The number of benzene rings is 1. The van der Waals surface area contributed by atoms with E-state index in [0.29, 0.717) is 17.6 Å². The topological polar surface area (TPSA) is 73.1 Å². The highest BCUT2D eigenvalue weighted by atomic mass is 79.9. The Balaban J connectivity index is 2.25. The fourth-order valence-electron chi connectivity index (χ4n) is 1.27. The number of anilines is 1. The lowest BCUT2D eigenvalue weighted by atomic mass is 10.2. The van der Waals surface area contributed by atoms with Crippen molar-refractivity contribution in [3.63, 3.8) is 0 Å². The minimum absolute atomic E-state index is 0.311. The highest BCUT2D eigenvalue weighted by Crippen LogP contribution is 2.29. The van der Waals surface area contributed by atoms with Gasteiger partial charge < -0.3 is 4.74 Å². The SMILES string of the molecule is Cc1ccc(Oc2ccnc(NN)n2)c(Br)c1. The number of aromatic nitrogens is 2. The van der Waals surface area contributed by atoms with E-state index in [2.05, 4.69) is 31.3 Å². The molecule has 2 rings (SSSR count). The molecule has 0 saturated carbocycles. The Morgan fingerprint density at radius 3 is 2.88 bits per heavy atom. The van der Waals surface area contributed by atoms with Crippen LogP contribution in [-0.2, 0) is 0 Å². The van der Waals surface area contributed by atoms with Gasteiger partial charge in [0.1, 0.15) is 5.75 Å². The number of hydrazine groups is 1. The van der Waals surface area contributed by atoms with E-state index in [1.54, 1.807) is 12.3 Å². The van der Waals surface area contributed by atoms with Crippen molar-refractivity contribution in [2.24, 2.45) is 5.84 Å². The lowest BCUT2D eigenvalue weighted by molar-refractivity contribution is 0.459. The third-order valence-electron chi connectivity index (χ3n) is 2.06. The van der Waals surface area contributed by atoms with E-state index in [1.807, 2.05) is 25.1 Å². The number of hydrogen-bond donors (Lipinski definition) is 2. The Hall–Kier alpha value is -1.66. The molecule has 0 aliphatic heterocycles. The molecule has 0 atom stereocenters. The van der Waals surface area contributed by atoms with Crippen molar-refractivity contribution in [1.29, 1.82) is 0 Å². The third-order valence-corrected chi connectivity index (χ3v) is 2.68. The largest absolute Gasteiger partial charge is 0.438 e. The molecule has 17 heavy (non-hydrogen) atoms. The van der Waals surface area contributed by atoms with Crippen LogP contribution in [-0.4, -0.2) is 9.97 Å². The number of aryl methyl sites for hydroxylation is 1. The summed E-state index contributed by atoms with van der Waals surface area (Å²) in [5.74, 6) is 6.65. The lowest BCUT2D eigenvalue weighted by Gasteiger charge is -2.07. The first-order valence-corrected chi connectivity index (χ1v) is 5.72. The van der Waals surface area contributed by atoms with Crippen LogP contribution >= 0.6 is 15.9 Å². The van der Waals surface area contributed by atoms with E-state index in [9.17, 15) is 0 Å². The second kappa shape index (κ2) is 5.11. The maximum Gasteiger partial charge on any atom is 0.240 e. The number of halogens is 1. The molecule has 1 heterocycles. The van der Waals surface area contributed by atoms with Gasteiger partial charge in [-0.15, -0.1) is 0 Å². The smallest absolute Gasteiger partial charge is 0.240 e. The van der Waals surface area contributed by atoms with Crippen molar-refractivity contribution in [2.45, 2.75) is 6.92 Å². The molecular formula is C11H11BrN4O. The number of nitrogens with one attached hydrogen (secondary N) is 1. The van der Waals surface area contributed by atoms with Gasteiger partial charge in [0.05, 0.1) is 4.47 Å². The van der Waals surface area contributed by atoms with Crippen molar-refractivity contribution in [3.8, 4) is 11.6 Å². The summed E-state index contributed by atoms with van der Waals surface area (Å²) >= 11 is 3.43. The predicted molar refractivity (Wildman–Crippen MR) is 68.8 cm³/mol. The monoisotopic (exact) mass is 294 g/mol. The molecule has 0 unspecified atom stereocenters. The molecule has 1 aromatic carbocycles. The van der Waals surface area contributed by atoms with Gasteiger partial charge in [0.15, 0.2) is 0 Å². The summed E-state index contributed by atoms with van der Waals surface area (Å²) < 4.78 is 6.49. The van der Waals surface area contributed by atoms with E-state index in [0.717, 1.165) is 10.0 Å². The molecule has 0 spiro atoms. The van der Waals surface area contributed by atoms with Crippen LogP contribution < -0.4 is 16.0 Å². The third kappa shape index (κ3) is 2.92. The molecule has 6 heteroatoms. The lowest BCUT2D eigenvalue weighted by Crippen LogP contribution is -2.10. The number of hydrogen-bond acceptors (Lipinski definition) is 5. The molecule has 88 valence electrons. The zero-order chi connectivity index (χ0) is 12.3. The minimum atomic E-state index is 0.311. The van der Waals surface area contributed by atoms with Crippen LogP contribution in [0.3, 0.4) is 0 Å². The van der Waals surface area contributed by atoms with Crippen molar-refractivity contribution >= 4 is 21.9 Å². The summed E-state index contributed by atoms with van der Waals surface area (Å²) in [5, 5.41) is 0. The molecule has 0 radical (unpaired) electrons. The minimum Gasteiger partial charge on any atom is -0.438 e. The van der Waals surface area contributed by atoms with E-state index < -0.39 is 0 Å². The average Bonchev–Trinajstić information content (AvgIpc) is 2.33. The quantitative estimate of drug-likeness (QED) is 0.672. The maximum atomic E-state index is 5.61. The number of ether oxygens (including phenoxy) is 1. The normalized spacial score (nSPS) is 10.1. The van der Waals surface area contributed by atoms with Crippen molar-refractivity contribution in [3.05, 3.63) is 40.5 Å². The van der Waals surface area contributed by atoms with Gasteiger partial charge in [-0.2, -0.15) is 4.98 Å². The highest BCUT2D eigenvalue weighted by Gasteiger charge is 2.04. The summed E-state index contributed by atoms with van der Waals surface area (Å²) in [6.45, 7) is 2.01. The zero-order valence-corrected chi connectivity index (χ0v) is 10.7. The van der Waals surface area contributed by atoms with Crippen LogP contribution in [0.25, 0.3) is 0 Å². The van der Waals surface area contributed by atoms with Gasteiger partial charge in [-0.1, -0.05) is 6.07 Å². The Labute approximate surface area is 107 Å². The molecule has 3 N–H and O–H groups in total. The Morgan fingerprint density at radius 2 is 2.18 bits per heavy atom. The average molecular weight is 295 g/mol. The summed E-state index contributed by atoms with van der Waals surface area (Å²) in [6, 6.07) is 7.46. The van der Waals surface area contributed by atoms with Crippen LogP contribution in [0, 0.1) is 6.92 Å². The Morgan fingerprint density at radius 1 is 1.35 bits per heavy atom. The molecule has 1 aromatic heterocycles. The van der Waals surface area contributed by atoms with Crippen LogP contribution in [0.4, 0.5) is 5.95 Å². The van der Waals surface area contributed by atoms with E-state index >= 15 is 0 Å². The molecule has 0 fully saturated rings. The van der Waals surface area contributed by atoms with Crippen LogP contribution in [0.15, 0.2) is 34.9 Å². The van der Waals surface area contributed by atoms with Gasteiger partial charge in [0, 0.05) is 12.3 Å². The number of nitrogen functional groups attached to an aromatic ring is 1. The van der Waals surface area contributed by atoms with Gasteiger partial charge in [-0.25, -0.2) is 10.8 Å². The molecule has 0 aliphatic carbocycles. The van der Waals surface area contributed by atoms with Crippen molar-refractivity contribution in [1.82, 2.24) is 9.97 Å². The molecular weight excluding hydrogens is 284 g/mol. The Bertz CT molecular complexity index is 533. The number of nitrogens with zero attached hydrogens (tertiary/aromatic N) is 2. The van der Waals surface area contributed by atoms with Crippen LogP contribution in [0.1, 0.15) is 5.56 Å². The first kappa shape index (κ1) is 11.8. The first-order valence-electron chi connectivity index (χ1n) is 4.92. The van der Waals surface area contributed by atoms with Crippen LogP contribution in [0.5, 0.6) is 11.6 Å². The van der Waals surface area contributed by atoms with Crippen LogP contribution in [0.2, 0.25) is 0 Å². The highest BCUT2D eigenvalue weighted by molar-refractivity contribution is 9.10. The molecule has 0 amide bonds. The van der Waals surface area contributed by atoms with Crippen molar-refractivity contribution in [2.75, 3.05) is 5.43 Å². The summed E-state index contributed by atoms with van der Waals surface area (Å²) in [4.78, 5) is 7.96. The fourth-order valence-corrected chi connectivity index (χ4v) is 1.84. The van der Waals surface area contributed by atoms with Crippen molar-refractivity contribution < 1.29 is 4.74 Å². The molecule has 0 aliphatic rings. The fraction of sp³-hybridized carbons (Fsp3) is 0.0909. The van der Waals surface area contributed by atoms with Gasteiger partial charge in [-0.3, -0.25) is 5.43 Å². The predicted octanol–water partition coefficient (Wildman–Crippen LogP) is 2.63. The van der Waals surface area contributed by atoms with Gasteiger partial charge in [0.2, 0.25) is 11.8 Å². The number of rotatable bonds is 3. The number of nitrogens with two attached hydrogens (primary N) is 1. The summed E-state index contributed by atoms with van der Waals surface area (Å²) in [6.07, 6.45) is 1.57. The standard InChI is InChI=1S/C11H11BrN4O/c1-7-2-3-9(8(12)6-7)17-10-4-5-14-11(15-10)16-13/h2-6H,13H2,1H3,(H,14,15,16). The first-order chi connectivity index (χ1) is 8.19. The Kier molecular flexibility index (Phi) is 3.55. The second-order valence-electron chi connectivity index (χ2n) is 3.40. The second-order valence-corrected chi connectivity index (χ2v) is 4.25. The molecule has 2 aromatic rings. The molecule has 0 saturated heterocycles. The molecule has 5 nitrogen and oxygen atoms in total. The van der Waals surface area contributed by atoms with Gasteiger partial charge in [-0.05, 0) is 40.5 Å². The zero-order valence-electron chi connectivity index (χ0n) is 9.14. The maximum absolute atomic E-state index is 5.61. The molecule has 0 bridgehead atoms. The van der Waals surface area contributed by atoms with E-state index in [1.165, 1.54) is 0 Å². The van der Waals surface area contributed by atoms with E-state index in [4.69, 9.17) is 10.6 Å². The van der Waals surface area contributed by atoms with E-state index in [-0.39, 0.29) is 0 Å². The summed E-state index contributed by atoms with van der Waals surface area (Å²) in [5.41, 5.74) is 3.51.